The number of rotatable bonds is 8. The average Bonchev–Trinajstić information content (AvgIpc) is 2.80. The molecule has 1 aliphatic heterocycles. The first kappa shape index (κ1) is 24.6. The molecule has 0 aliphatic carbocycles. The minimum Gasteiger partial charge on any atom is -0.506 e. The third-order valence-corrected chi connectivity index (χ3v) is 5.69. The van der Waals surface area contributed by atoms with Crippen molar-refractivity contribution < 1.29 is 24.1 Å². The van der Waals surface area contributed by atoms with Crippen molar-refractivity contribution in [2.24, 2.45) is 4.99 Å². The van der Waals surface area contributed by atoms with Gasteiger partial charge in [0.15, 0.2) is 0 Å². The fraction of sp³-hybridized carbons (Fsp3) is 0.385. The zero-order valence-electron chi connectivity index (χ0n) is 19.3. The lowest BCUT2D eigenvalue weighted by molar-refractivity contribution is -0.132. The number of hydrogen-bond acceptors (Lipinski definition) is 5. The van der Waals surface area contributed by atoms with E-state index in [9.17, 15) is 19.4 Å². The van der Waals surface area contributed by atoms with Crippen LogP contribution in [0.5, 0.6) is 0 Å². The van der Waals surface area contributed by atoms with Gasteiger partial charge in [0.25, 0.3) is 0 Å². The van der Waals surface area contributed by atoms with Gasteiger partial charge in [-0.3, -0.25) is 9.89 Å². The maximum Gasteiger partial charge on any atom is 0.341 e. The van der Waals surface area contributed by atoms with Crippen molar-refractivity contribution in [1.29, 1.82) is 0 Å². The standard InChI is InChI=1S/C26H31FN2O4/c1-4-23(28-20-8-6-19(7-9-20)17(2)3)24(26(31)32)25(30)21-15-18(5-10-22(21)27)16-29-11-13-33-14-12-29/h5-10,15,17,30H,4,11-14,16H2,1-3H3,(H,31,32). The van der Waals surface area contributed by atoms with Crippen molar-refractivity contribution in [2.45, 2.75) is 39.7 Å². The molecule has 1 fully saturated rings. The number of carbonyl (C=O) groups is 1. The lowest BCUT2D eigenvalue weighted by atomic mass is 10.00. The monoisotopic (exact) mass is 454 g/mol. The largest absolute Gasteiger partial charge is 0.506 e. The molecule has 1 aliphatic rings. The lowest BCUT2D eigenvalue weighted by Gasteiger charge is -2.26. The molecule has 0 unspecified atom stereocenters. The average molecular weight is 455 g/mol. The number of benzene rings is 2. The maximum atomic E-state index is 14.7. The number of aliphatic carboxylic acids is 1. The number of halogens is 1. The molecule has 176 valence electrons. The Balaban J connectivity index is 1.98. The van der Waals surface area contributed by atoms with E-state index >= 15 is 0 Å². The van der Waals surface area contributed by atoms with Crippen LogP contribution in [0.2, 0.25) is 0 Å². The predicted molar refractivity (Wildman–Crippen MR) is 128 cm³/mol. The Morgan fingerprint density at radius 3 is 2.36 bits per heavy atom. The molecule has 0 saturated carbocycles. The van der Waals surface area contributed by atoms with Gasteiger partial charge in [-0.05, 0) is 47.7 Å². The van der Waals surface area contributed by atoms with Gasteiger partial charge in [-0.25, -0.2) is 9.18 Å². The number of aliphatic imine (C=N–C) groups is 1. The SMILES string of the molecule is CCC(=Nc1ccc(C(C)C)cc1)C(C(=O)O)=C(O)c1cc(CN2CCOCC2)ccc1F. The number of carboxylic acids is 1. The van der Waals surface area contributed by atoms with Gasteiger partial charge in [0.1, 0.15) is 17.1 Å². The smallest absolute Gasteiger partial charge is 0.341 e. The van der Waals surface area contributed by atoms with Gasteiger partial charge in [0, 0.05) is 19.6 Å². The van der Waals surface area contributed by atoms with E-state index in [-0.39, 0.29) is 17.7 Å². The molecule has 1 saturated heterocycles. The Kier molecular flexibility index (Phi) is 8.36. The molecule has 33 heavy (non-hydrogen) atoms. The van der Waals surface area contributed by atoms with Crippen LogP contribution in [0.4, 0.5) is 10.1 Å². The van der Waals surface area contributed by atoms with Crippen LogP contribution in [0, 0.1) is 5.82 Å². The van der Waals surface area contributed by atoms with Crippen LogP contribution in [-0.4, -0.2) is 53.1 Å². The third kappa shape index (κ3) is 6.27. The molecule has 2 aromatic carbocycles. The van der Waals surface area contributed by atoms with Gasteiger partial charge in [-0.2, -0.15) is 0 Å². The molecule has 6 nitrogen and oxygen atoms in total. The van der Waals surface area contributed by atoms with Crippen molar-refractivity contribution in [3.63, 3.8) is 0 Å². The quantitative estimate of drug-likeness (QED) is 0.321. The third-order valence-electron chi connectivity index (χ3n) is 5.69. The first-order valence-electron chi connectivity index (χ1n) is 11.2. The molecule has 2 aromatic rings. The minimum absolute atomic E-state index is 0.144. The zero-order valence-corrected chi connectivity index (χ0v) is 19.3. The van der Waals surface area contributed by atoms with Crippen molar-refractivity contribution >= 4 is 23.1 Å². The second kappa shape index (κ2) is 11.2. The van der Waals surface area contributed by atoms with Crippen LogP contribution in [0.3, 0.4) is 0 Å². The zero-order chi connectivity index (χ0) is 24.0. The van der Waals surface area contributed by atoms with E-state index in [1.54, 1.807) is 13.0 Å². The maximum absolute atomic E-state index is 14.7. The van der Waals surface area contributed by atoms with Crippen molar-refractivity contribution in [1.82, 2.24) is 4.90 Å². The number of aliphatic hydroxyl groups is 1. The Labute approximate surface area is 194 Å². The van der Waals surface area contributed by atoms with E-state index in [1.165, 1.54) is 12.1 Å². The Morgan fingerprint density at radius 1 is 1.12 bits per heavy atom. The van der Waals surface area contributed by atoms with E-state index in [2.05, 4.69) is 23.7 Å². The summed E-state index contributed by atoms with van der Waals surface area (Å²) in [5.74, 6) is -2.30. The summed E-state index contributed by atoms with van der Waals surface area (Å²) in [7, 11) is 0. The first-order valence-corrected chi connectivity index (χ1v) is 11.2. The summed E-state index contributed by atoms with van der Waals surface area (Å²) in [6, 6.07) is 11.9. The number of morpholine rings is 1. The molecule has 0 radical (unpaired) electrons. The fourth-order valence-corrected chi connectivity index (χ4v) is 3.77. The summed E-state index contributed by atoms with van der Waals surface area (Å²) in [5.41, 5.74) is 2.13. The first-order chi connectivity index (χ1) is 15.8. The van der Waals surface area contributed by atoms with Gasteiger partial charge in [0.05, 0.1) is 30.2 Å². The van der Waals surface area contributed by atoms with Gasteiger partial charge in [0.2, 0.25) is 0 Å². The normalized spacial score (nSPS) is 16.1. The van der Waals surface area contributed by atoms with E-state index < -0.39 is 23.1 Å². The highest BCUT2D eigenvalue weighted by atomic mass is 19.1. The molecule has 1 heterocycles. The highest BCUT2D eigenvalue weighted by molar-refractivity contribution is 6.24. The summed E-state index contributed by atoms with van der Waals surface area (Å²) in [5, 5.41) is 20.8. The van der Waals surface area contributed by atoms with Crippen molar-refractivity contribution in [2.75, 3.05) is 26.3 Å². The van der Waals surface area contributed by atoms with Crippen LogP contribution in [0.1, 0.15) is 49.8 Å². The summed E-state index contributed by atoms with van der Waals surface area (Å²) in [6.45, 7) is 9.27. The molecule has 0 bridgehead atoms. The second-order valence-corrected chi connectivity index (χ2v) is 8.39. The van der Waals surface area contributed by atoms with Crippen molar-refractivity contribution in [3.8, 4) is 0 Å². The van der Waals surface area contributed by atoms with Crippen LogP contribution in [0.15, 0.2) is 53.0 Å². The van der Waals surface area contributed by atoms with Crippen LogP contribution in [-0.2, 0) is 16.1 Å². The highest BCUT2D eigenvalue weighted by Gasteiger charge is 2.23. The molecule has 0 amide bonds. The molecule has 3 rings (SSSR count). The van der Waals surface area contributed by atoms with Crippen LogP contribution < -0.4 is 0 Å². The number of aliphatic hydroxyl groups excluding tert-OH is 1. The van der Waals surface area contributed by atoms with E-state index in [0.29, 0.717) is 31.4 Å². The fourth-order valence-electron chi connectivity index (χ4n) is 3.77. The van der Waals surface area contributed by atoms with Gasteiger partial charge < -0.3 is 14.9 Å². The molecular formula is C26H31FN2O4. The topological polar surface area (TPSA) is 82.4 Å². The van der Waals surface area contributed by atoms with Gasteiger partial charge >= 0.3 is 5.97 Å². The molecule has 7 heteroatoms. The van der Waals surface area contributed by atoms with E-state index in [4.69, 9.17) is 4.74 Å². The van der Waals surface area contributed by atoms with Crippen LogP contribution >= 0.6 is 0 Å². The molecule has 0 aromatic heterocycles. The summed E-state index contributed by atoms with van der Waals surface area (Å²) in [4.78, 5) is 18.7. The molecule has 0 spiro atoms. The lowest BCUT2D eigenvalue weighted by Crippen LogP contribution is -2.35. The minimum atomic E-state index is -1.36. The molecule has 0 atom stereocenters. The van der Waals surface area contributed by atoms with Gasteiger partial charge in [-0.15, -0.1) is 0 Å². The molecule has 2 N–H and O–H groups in total. The number of hydrogen-bond donors (Lipinski definition) is 2. The summed E-state index contributed by atoms with van der Waals surface area (Å²) < 4.78 is 20.0. The Morgan fingerprint density at radius 2 is 1.79 bits per heavy atom. The summed E-state index contributed by atoms with van der Waals surface area (Å²) in [6.07, 6.45) is 0.257. The second-order valence-electron chi connectivity index (χ2n) is 8.39. The van der Waals surface area contributed by atoms with Gasteiger partial charge in [-0.1, -0.05) is 39.0 Å². The van der Waals surface area contributed by atoms with E-state index in [1.807, 2.05) is 24.3 Å². The number of carboxylic acid groups (broad SMARTS) is 1. The summed E-state index contributed by atoms with van der Waals surface area (Å²) >= 11 is 0. The number of ether oxygens (including phenoxy) is 1. The highest BCUT2D eigenvalue weighted by Crippen LogP contribution is 2.26. The predicted octanol–water partition coefficient (Wildman–Crippen LogP) is 5.32. The van der Waals surface area contributed by atoms with E-state index in [0.717, 1.165) is 24.2 Å². The Bertz CT molecular complexity index is 1040. The molecular weight excluding hydrogens is 423 g/mol. The van der Waals surface area contributed by atoms with Crippen LogP contribution in [0.25, 0.3) is 5.76 Å². The number of nitrogens with zero attached hydrogens (tertiary/aromatic N) is 2. The van der Waals surface area contributed by atoms with Crippen molar-refractivity contribution in [3.05, 3.63) is 70.5 Å². The Hall–Kier alpha value is -3.03.